The number of ether oxygens (including phenoxy) is 1. The summed E-state index contributed by atoms with van der Waals surface area (Å²) >= 11 is 6.04. The van der Waals surface area contributed by atoms with Gasteiger partial charge < -0.3 is 9.64 Å². The average molecular weight is 390 g/mol. The van der Waals surface area contributed by atoms with Crippen LogP contribution in [0, 0.1) is 12.4 Å². The molecule has 0 atom stereocenters. The molecule has 2 aromatic carbocycles. The molecule has 0 aliphatic heterocycles. The Bertz CT molecular complexity index is 969. The Labute approximate surface area is 167 Å². The smallest absolute Gasteiger partial charge is 0.253 e. The zero-order valence-corrected chi connectivity index (χ0v) is 15.2. The van der Waals surface area contributed by atoms with Crippen LogP contribution < -0.4 is 4.74 Å². The summed E-state index contributed by atoms with van der Waals surface area (Å²) in [5.74, 6) is -0.758. The van der Waals surface area contributed by atoms with E-state index in [0.717, 1.165) is 11.0 Å². The lowest BCUT2D eigenvalue weighted by atomic mass is 9.91. The second-order valence-electron chi connectivity index (χ2n) is 6.46. The third kappa shape index (κ3) is 4.58. The van der Waals surface area contributed by atoms with Crippen LogP contribution in [0.3, 0.4) is 0 Å². The largest absolute Gasteiger partial charge is 0.490 e. The molecule has 0 radical (unpaired) electrons. The van der Waals surface area contributed by atoms with E-state index in [0.29, 0.717) is 42.1 Å². The minimum atomic E-state index is -2.63. The first-order chi connectivity index (χ1) is 14.2. The van der Waals surface area contributed by atoms with Crippen LogP contribution in [0.4, 0.5) is 10.1 Å². The van der Waals surface area contributed by atoms with E-state index in [1.165, 1.54) is 18.2 Å². The molecule has 0 bridgehead atoms. The fourth-order valence-corrected chi connectivity index (χ4v) is 3.40. The van der Waals surface area contributed by atoms with Crippen molar-refractivity contribution < 1.29 is 18.0 Å². The summed E-state index contributed by atoms with van der Waals surface area (Å²) in [6.45, 7) is 4.40. The van der Waals surface area contributed by atoms with Gasteiger partial charge >= 0.3 is 0 Å². The topological polar surface area (TPSA) is 33.9 Å². The van der Waals surface area contributed by atoms with E-state index in [2.05, 4.69) is 4.85 Å². The summed E-state index contributed by atoms with van der Waals surface area (Å²) in [6.07, 6.45) is 1.83. The first kappa shape index (κ1) is 15.5. The van der Waals surface area contributed by atoms with Gasteiger partial charge in [-0.1, -0.05) is 23.7 Å². The first-order valence-electron chi connectivity index (χ1n) is 10.1. The van der Waals surface area contributed by atoms with Crippen LogP contribution in [-0.4, -0.2) is 29.9 Å². The molecule has 1 aliphatic rings. The molecule has 0 saturated heterocycles. The van der Waals surface area contributed by atoms with Crippen LogP contribution in [0.25, 0.3) is 4.85 Å². The van der Waals surface area contributed by atoms with Crippen LogP contribution in [0.15, 0.2) is 42.5 Å². The summed E-state index contributed by atoms with van der Waals surface area (Å²) in [4.78, 5) is 17.0. The third-order valence-corrected chi connectivity index (χ3v) is 4.94. The minimum Gasteiger partial charge on any atom is -0.490 e. The molecule has 6 heteroatoms. The molecule has 1 amide bonds. The predicted molar refractivity (Wildman–Crippen MR) is 103 cm³/mol. The van der Waals surface area contributed by atoms with Gasteiger partial charge in [-0.05, 0) is 56.0 Å². The number of benzene rings is 2. The molecule has 0 unspecified atom stereocenters. The van der Waals surface area contributed by atoms with Crippen molar-refractivity contribution in [2.75, 3.05) is 6.98 Å². The van der Waals surface area contributed by atoms with Crippen molar-refractivity contribution in [2.24, 2.45) is 0 Å². The molecular formula is C21H20ClFN2O2. The van der Waals surface area contributed by atoms with Gasteiger partial charge in [0.2, 0.25) is 5.69 Å². The van der Waals surface area contributed by atoms with Crippen LogP contribution in [0.1, 0.15) is 40.2 Å². The molecule has 0 aromatic heterocycles. The van der Waals surface area contributed by atoms with Crippen molar-refractivity contribution in [3.8, 4) is 5.75 Å². The number of hydrogen-bond acceptors (Lipinski definition) is 2. The molecule has 0 spiro atoms. The molecule has 0 N–H and O–H groups in total. The van der Waals surface area contributed by atoms with Crippen molar-refractivity contribution in [1.29, 1.82) is 0 Å². The Kier molecular flexibility index (Phi) is 4.82. The van der Waals surface area contributed by atoms with Gasteiger partial charge in [0.25, 0.3) is 5.91 Å². The summed E-state index contributed by atoms with van der Waals surface area (Å²) in [6, 6.07) is 9.40. The van der Waals surface area contributed by atoms with Crippen molar-refractivity contribution in [1.82, 2.24) is 4.90 Å². The predicted octanol–water partition coefficient (Wildman–Crippen LogP) is 5.49. The lowest BCUT2D eigenvalue weighted by molar-refractivity contribution is 0.0609. The molecule has 1 aliphatic carbocycles. The molecule has 27 heavy (non-hydrogen) atoms. The van der Waals surface area contributed by atoms with E-state index >= 15 is 0 Å². The Morgan fingerprint density at radius 3 is 2.70 bits per heavy atom. The Morgan fingerprint density at radius 1 is 1.30 bits per heavy atom. The van der Waals surface area contributed by atoms with Crippen LogP contribution in [-0.2, 0) is 0 Å². The van der Waals surface area contributed by atoms with Gasteiger partial charge in [-0.3, -0.25) is 4.79 Å². The van der Waals surface area contributed by atoms with Gasteiger partial charge in [-0.2, -0.15) is 0 Å². The maximum absolute atomic E-state index is 13.5. The Balaban J connectivity index is 1.68. The summed E-state index contributed by atoms with van der Waals surface area (Å²) < 4.78 is 42.9. The number of hydrogen-bond donors (Lipinski definition) is 0. The highest BCUT2D eigenvalue weighted by Crippen LogP contribution is 2.32. The van der Waals surface area contributed by atoms with Crippen molar-refractivity contribution in [3.63, 3.8) is 0 Å². The number of carbonyl (C=O) groups is 1. The van der Waals surface area contributed by atoms with E-state index in [1.54, 1.807) is 18.2 Å². The molecule has 2 aromatic rings. The molecule has 3 rings (SSSR count). The van der Waals surface area contributed by atoms with Gasteiger partial charge in [0.05, 0.1) is 17.7 Å². The van der Waals surface area contributed by atoms with Gasteiger partial charge in [0.15, 0.2) is 0 Å². The number of carbonyl (C=O) groups excluding carboxylic acids is 1. The standard InChI is InChI=1S/C21H20ClFN2O2/c1-24-20-11-10-18(13-19(20)22)27-17-8-6-16(7-9-17)25(2)21(26)14-4-3-5-15(23)12-14/h3-5,10-13,16-17H,6-9H2,2H3/i2D3. The summed E-state index contributed by atoms with van der Waals surface area (Å²) in [5, 5.41) is 0.311. The van der Waals surface area contributed by atoms with Crippen molar-refractivity contribution in [3.05, 3.63) is 70.3 Å². The third-order valence-electron chi connectivity index (χ3n) is 4.64. The number of halogens is 2. The quantitative estimate of drug-likeness (QED) is 0.647. The Hall–Kier alpha value is -2.58. The second kappa shape index (κ2) is 8.41. The van der Waals surface area contributed by atoms with Crippen LogP contribution in [0.2, 0.25) is 5.02 Å². The van der Waals surface area contributed by atoms with Gasteiger partial charge in [-0.25, -0.2) is 9.24 Å². The highest BCUT2D eigenvalue weighted by atomic mass is 35.5. The van der Waals surface area contributed by atoms with E-state index < -0.39 is 24.7 Å². The number of amides is 1. The lowest BCUT2D eigenvalue weighted by Crippen LogP contribution is -2.41. The van der Waals surface area contributed by atoms with Crippen LogP contribution >= 0.6 is 11.6 Å². The average Bonchev–Trinajstić information content (AvgIpc) is 2.68. The lowest BCUT2D eigenvalue weighted by Gasteiger charge is -2.35. The molecular weight excluding hydrogens is 367 g/mol. The summed E-state index contributed by atoms with van der Waals surface area (Å²) in [5.41, 5.74) is 0.357. The van der Waals surface area contributed by atoms with E-state index in [-0.39, 0.29) is 11.7 Å². The second-order valence-corrected chi connectivity index (χ2v) is 6.87. The van der Waals surface area contributed by atoms with Gasteiger partial charge in [0, 0.05) is 22.7 Å². The zero-order valence-electron chi connectivity index (χ0n) is 17.5. The fraction of sp³-hybridized carbons (Fsp3) is 0.333. The van der Waals surface area contributed by atoms with Gasteiger partial charge in [-0.15, -0.1) is 0 Å². The highest BCUT2D eigenvalue weighted by Gasteiger charge is 2.28. The SMILES string of the molecule is [2H]C([2H])([2H])N(C(=O)c1cccc(F)c1)C1CCC(Oc2ccc([N+]#[C-])c(Cl)c2)CC1. The summed E-state index contributed by atoms with van der Waals surface area (Å²) in [7, 11) is 0. The maximum Gasteiger partial charge on any atom is 0.253 e. The Morgan fingerprint density at radius 2 is 2.07 bits per heavy atom. The first-order valence-corrected chi connectivity index (χ1v) is 8.99. The maximum atomic E-state index is 13.5. The number of nitrogens with zero attached hydrogens (tertiary/aromatic N) is 2. The molecule has 4 nitrogen and oxygen atoms in total. The highest BCUT2D eigenvalue weighted by molar-refractivity contribution is 6.33. The van der Waals surface area contributed by atoms with E-state index in [9.17, 15) is 9.18 Å². The van der Waals surface area contributed by atoms with E-state index in [1.807, 2.05) is 0 Å². The van der Waals surface area contributed by atoms with Crippen LogP contribution in [0.5, 0.6) is 5.75 Å². The zero-order chi connectivity index (χ0) is 21.9. The normalized spacial score (nSPS) is 21.3. The molecule has 140 valence electrons. The number of rotatable bonds is 4. The fourth-order valence-electron chi connectivity index (χ4n) is 3.19. The molecule has 1 saturated carbocycles. The molecule has 1 fully saturated rings. The van der Waals surface area contributed by atoms with Crippen molar-refractivity contribution >= 4 is 23.2 Å². The van der Waals surface area contributed by atoms with E-state index in [4.69, 9.17) is 27.0 Å². The molecule has 0 heterocycles. The van der Waals surface area contributed by atoms with Crippen molar-refractivity contribution in [2.45, 2.75) is 37.8 Å². The van der Waals surface area contributed by atoms with Gasteiger partial charge in [0.1, 0.15) is 11.6 Å². The monoisotopic (exact) mass is 389 g/mol. The minimum absolute atomic E-state index is 0.0130.